The number of pyridine rings is 1. The number of nitrogen functional groups attached to an aromatic ring is 1. The predicted octanol–water partition coefficient (Wildman–Crippen LogP) is 0.633. The molecule has 0 spiro atoms. The third-order valence-corrected chi connectivity index (χ3v) is 3.14. The molecule has 104 valence electrons. The van der Waals surface area contributed by atoms with Gasteiger partial charge in [-0.2, -0.15) is 0 Å². The Morgan fingerprint density at radius 1 is 1.47 bits per heavy atom. The molecule has 0 bridgehead atoms. The van der Waals surface area contributed by atoms with E-state index >= 15 is 0 Å². The summed E-state index contributed by atoms with van der Waals surface area (Å²) in [5.41, 5.74) is 7.17. The first kappa shape index (κ1) is 13.6. The highest BCUT2D eigenvalue weighted by Gasteiger charge is 2.15. The number of carbonyl (C=O) groups is 1. The summed E-state index contributed by atoms with van der Waals surface area (Å²) in [6.45, 7) is 5.10. The van der Waals surface area contributed by atoms with Gasteiger partial charge in [-0.1, -0.05) is 0 Å². The van der Waals surface area contributed by atoms with Gasteiger partial charge in [0.1, 0.15) is 5.82 Å². The zero-order valence-corrected chi connectivity index (χ0v) is 11.2. The number of aromatic nitrogens is 1. The second-order valence-electron chi connectivity index (χ2n) is 4.54. The first-order valence-electron chi connectivity index (χ1n) is 6.49. The number of anilines is 2. The van der Waals surface area contributed by atoms with Crippen LogP contribution in [-0.2, 0) is 9.53 Å². The van der Waals surface area contributed by atoms with Crippen molar-refractivity contribution in [3.63, 3.8) is 0 Å². The molecule has 1 aromatic heterocycles. The molecule has 0 saturated carbocycles. The van der Waals surface area contributed by atoms with Crippen LogP contribution in [-0.4, -0.2) is 48.6 Å². The molecule has 1 fully saturated rings. The number of nitrogens with one attached hydrogen (secondary N) is 1. The molecule has 6 nitrogen and oxygen atoms in total. The van der Waals surface area contributed by atoms with Crippen molar-refractivity contribution in [2.45, 2.75) is 13.3 Å². The van der Waals surface area contributed by atoms with E-state index in [0.717, 1.165) is 11.5 Å². The summed E-state index contributed by atoms with van der Waals surface area (Å²) in [7, 11) is 0. The molecule has 0 radical (unpaired) electrons. The second-order valence-corrected chi connectivity index (χ2v) is 4.54. The van der Waals surface area contributed by atoms with E-state index < -0.39 is 0 Å². The van der Waals surface area contributed by atoms with Gasteiger partial charge >= 0.3 is 0 Å². The minimum atomic E-state index is 0.156. The van der Waals surface area contributed by atoms with Gasteiger partial charge < -0.3 is 20.7 Å². The van der Waals surface area contributed by atoms with Crippen molar-refractivity contribution in [2.24, 2.45) is 0 Å². The summed E-state index contributed by atoms with van der Waals surface area (Å²) < 4.78 is 5.22. The molecule has 0 unspecified atom stereocenters. The van der Waals surface area contributed by atoms with E-state index in [1.165, 1.54) is 0 Å². The highest BCUT2D eigenvalue weighted by Crippen LogP contribution is 2.11. The van der Waals surface area contributed by atoms with Crippen LogP contribution in [0.1, 0.15) is 12.1 Å². The first-order valence-corrected chi connectivity index (χ1v) is 6.49. The Morgan fingerprint density at radius 3 is 2.89 bits per heavy atom. The average Bonchev–Trinajstić information content (AvgIpc) is 2.43. The van der Waals surface area contributed by atoms with Crippen molar-refractivity contribution < 1.29 is 9.53 Å². The van der Waals surface area contributed by atoms with E-state index in [-0.39, 0.29) is 5.91 Å². The van der Waals surface area contributed by atoms with Gasteiger partial charge in [-0.3, -0.25) is 4.79 Å². The molecule has 1 saturated heterocycles. The van der Waals surface area contributed by atoms with E-state index in [9.17, 15) is 4.79 Å². The largest absolute Gasteiger partial charge is 0.397 e. The van der Waals surface area contributed by atoms with Crippen molar-refractivity contribution in [3.05, 3.63) is 17.8 Å². The Labute approximate surface area is 112 Å². The number of hydrogen-bond acceptors (Lipinski definition) is 5. The Kier molecular flexibility index (Phi) is 4.57. The Hall–Kier alpha value is -1.82. The summed E-state index contributed by atoms with van der Waals surface area (Å²) in [5, 5.41) is 3.14. The highest BCUT2D eigenvalue weighted by atomic mass is 16.5. The molecule has 2 heterocycles. The van der Waals surface area contributed by atoms with Gasteiger partial charge in [0.15, 0.2) is 0 Å². The number of ether oxygens (including phenoxy) is 1. The molecule has 0 aromatic carbocycles. The topological polar surface area (TPSA) is 80.5 Å². The zero-order valence-electron chi connectivity index (χ0n) is 11.2. The average molecular weight is 264 g/mol. The van der Waals surface area contributed by atoms with Crippen LogP contribution < -0.4 is 11.1 Å². The standard InChI is InChI=1S/C13H20N4O2/c1-10-11(14)2-3-12(16-10)15-5-4-13(18)17-6-8-19-9-7-17/h2-3H,4-9,14H2,1H3,(H,15,16). The van der Waals surface area contributed by atoms with Crippen molar-refractivity contribution in [1.29, 1.82) is 0 Å². The van der Waals surface area contributed by atoms with Gasteiger partial charge in [0, 0.05) is 26.1 Å². The molecule has 1 aliphatic heterocycles. The van der Waals surface area contributed by atoms with Crippen LogP contribution in [0.15, 0.2) is 12.1 Å². The van der Waals surface area contributed by atoms with Crippen LogP contribution in [0.3, 0.4) is 0 Å². The van der Waals surface area contributed by atoms with Crippen LogP contribution >= 0.6 is 0 Å². The molecular formula is C13H20N4O2. The molecule has 1 aromatic rings. The number of morpholine rings is 1. The second kappa shape index (κ2) is 6.38. The van der Waals surface area contributed by atoms with E-state index in [1.54, 1.807) is 0 Å². The van der Waals surface area contributed by atoms with Gasteiger partial charge in [0.2, 0.25) is 5.91 Å². The van der Waals surface area contributed by atoms with E-state index in [2.05, 4.69) is 10.3 Å². The predicted molar refractivity (Wildman–Crippen MR) is 73.9 cm³/mol. The third-order valence-electron chi connectivity index (χ3n) is 3.14. The molecule has 2 rings (SSSR count). The number of aryl methyl sites for hydroxylation is 1. The summed E-state index contributed by atoms with van der Waals surface area (Å²) in [6.07, 6.45) is 0.463. The smallest absolute Gasteiger partial charge is 0.224 e. The molecule has 6 heteroatoms. The van der Waals surface area contributed by atoms with Crippen molar-refractivity contribution in [1.82, 2.24) is 9.88 Å². The SMILES string of the molecule is Cc1nc(NCCC(=O)N2CCOCC2)ccc1N. The summed E-state index contributed by atoms with van der Waals surface area (Å²) in [4.78, 5) is 18.0. The van der Waals surface area contributed by atoms with Crippen LogP contribution in [0.2, 0.25) is 0 Å². The first-order chi connectivity index (χ1) is 9.16. The van der Waals surface area contributed by atoms with Crippen molar-refractivity contribution >= 4 is 17.4 Å². The normalized spacial score (nSPS) is 15.3. The Morgan fingerprint density at radius 2 is 2.21 bits per heavy atom. The van der Waals surface area contributed by atoms with Gasteiger partial charge in [-0.05, 0) is 19.1 Å². The molecule has 1 amide bonds. The summed E-state index contributed by atoms with van der Waals surface area (Å²) >= 11 is 0. The Balaban J connectivity index is 1.76. The fraction of sp³-hybridized carbons (Fsp3) is 0.538. The van der Waals surface area contributed by atoms with Crippen LogP contribution in [0.25, 0.3) is 0 Å². The lowest BCUT2D eigenvalue weighted by atomic mass is 10.3. The highest BCUT2D eigenvalue weighted by molar-refractivity contribution is 5.76. The fourth-order valence-electron chi connectivity index (χ4n) is 1.94. The number of nitrogens with two attached hydrogens (primary N) is 1. The molecule has 0 atom stereocenters. The lowest BCUT2D eigenvalue weighted by molar-refractivity contribution is -0.134. The number of rotatable bonds is 4. The van der Waals surface area contributed by atoms with Gasteiger partial charge in [-0.15, -0.1) is 0 Å². The van der Waals surface area contributed by atoms with Crippen LogP contribution in [0, 0.1) is 6.92 Å². The lowest BCUT2D eigenvalue weighted by Gasteiger charge is -2.26. The third kappa shape index (κ3) is 3.82. The van der Waals surface area contributed by atoms with Crippen LogP contribution in [0.4, 0.5) is 11.5 Å². The quantitative estimate of drug-likeness (QED) is 0.834. The monoisotopic (exact) mass is 264 g/mol. The molecule has 19 heavy (non-hydrogen) atoms. The van der Waals surface area contributed by atoms with Gasteiger partial charge in [0.05, 0.1) is 24.6 Å². The van der Waals surface area contributed by atoms with Gasteiger partial charge in [0.25, 0.3) is 0 Å². The lowest BCUT2D eigenvalue weighted by Crippen LogP contribution is -2.41. The minimum absolute atomic E-state index is 0.156. The zero-order chi connectivity index (χ0) is 13.7. The van der Waals surface area contributed by atoms with Crippen molar-refractivity contribution in [3.8, 4) is 0 Å². The Bertz CT molecular complexity index is 444. The van der Waals surface area contributed by atoms with Crippen molar-refractivity contribution in [2.75, 3.05) is 43.9 Å². The number of hydrogen-bond donors (Lipinski definition) is 2. The molecule has 3 N–H and O–H groups in total. The maximum atomic E-state index is 11.9. The van der Waals surface area contributed by atoms with E-state index in [0.29, 0.717) is 45.0 Å². The number of amides is 1. The fourth-order valence-corrected chi connectivity index (χ4v) is 1.94. The van der Waals surface area contributed by atoms with E-state index in [4.69, 9.17) is 10.5 Å². The maximum Gasteiger partial charge on any atom is 0.224 e. The van der Waals surface area contributed by atoms with Crippen LogP contribution in [0.5, 0.6) is 0 Å². The maximum absolute atomic E-state index is 11.9. The summed E-state index contributed by atoms with van der Waals surface area (Å²) in [6, 6.07) is 3.63. The minimum Gasteiger partial charge on any atom is -0.397 e. The summed E-state index contributed by atoms with van der Waals surface area (Å²) in [5.74, 6) is 0.907. The van der Waals surface area contributed by atoms with E-state index in [1.807, 2.05) is 24.0 Å². The molecular weight excluding hydrogens is 244 g/mol. The molecule has 0 aliphatic carbocycles. The number of nitrogens with zero attached hydrogens (tertiary/aromatic N) is 2. The molecule has 1 aliphatic rings. The van der Waals surface area contributed by atoms with Gasteiger partial charge in [-0.25, -0.2) is 4.98 Å². The number of carbonyl (C=O) groups excluding carboxylic acids is 1.